The van der Waals surface area contributed by atoms with Crippen LogP contribution in [0.1, 0.15) is 38.3 Å². The molecule has 3 heteroatoms. The first-order valence-electron chi connectivity index (χ1n) is 7.68. The van der Waals surface area contributed by atoms with Gasteiger partial charge in [0.1, 0.15) is 5.75 Å². The van der Waals surface area contributed by atoms with E-state index >= 15 is 0 Å². The Morgan fingerprint density at radius 2 is 2.10 bits per heavy atom. The topological polar surface area (TPSA) is 30.5 Å². The lowest BCUT2D eigenvalue weighted by molar-refractivity contribution is 0.139. The minimum atomic E-state index is 0.135. The quantitative estimate of drug-likeness (QED) is 0.741. The molecule has 1 aliphatic heterocycles. The fourth-order valence-electron chi connectivity index (χ4n) is 2.46. The van der Waals surface area contributed by atoms with Crippen molar-refractivity contribution >= 4 is 0 Å². The molecule has 0 spiro atoms. The van der Waals surface area contributed by atoms with Crippen LogP contribution in [0.4, 0.5) is 0 Å². The molecule has 1 aromatic carbocycles. The Hall–Kier alpha value is -1.06. The van der Waals surface area contributed by atoms with Crippen molar-refractivity contribution in [2.24, 2.45) is 0 Å². The molecule has 0 amide bonds. The van der Waals surface area contributed by atoms with Crippen LogP contribution in [0.3, 0.4) is 0 Å². The average Bonchev–Trinajstić information content (AvgIpc) is 2.74. The molecule has 0 saturated heterocycles. The highest BCUT2D eigenvalue weighted by molar-refractivity contribution is 5.45. The van der Waals surface area contributed by atoms with Crippen LogP contribution >= 0.6 is 0 Å². The summed E-state index contributed by atoms with van der Waals surface area (Å²) in [4.78, 5) is 0. The summed E-state index contributed by atoms with van der Waals surface area (Å²) in [5.74, 6) is 1.04. The van der Waals surface area contributed by atoms with Crippen molar-refractivity contribution in [3.05, 3.63) is 29.3 Å². The number of fused-ring (bicyclic) bond motifs is 1. The first-order chi connectivity index (χ1) is 9.63. The highest BCUT2D eigenvalue weighted by atomic mass is 16.5. The monoisotopic (exact) mass is 277 g/mol. The van der Waals surface area contributed by atoms with Gasteiger partial charge < -0.3 is 14.8 Å². The summed E-state index contributed by atoms with van der Waals surface area (Å²) in [7, 11) is 0. The maximum Gasteiger partial charge on any atom is 0.123 e. The third-order valence-corrected chi connectivity index (χ3v) is 3.75. The highest BCUT2D eigenvalue weighted by Gasteiger charge is 2.31. The van der Waals surface area contributed by atoms with Gasteiger partial charge in [-0.1, -0.05) is 32.9 Å². The Morgan fingerprint density at radius 1 is 1.25 bits per heavy atom. The van der Waals surface area contributed by atoms with Crippen LogP contribution < -0.4 is 10.1 Å². The second kappa shape index (κ2) is 7.09. The van der Waals surface area contributed by atoms with Gasteiger partial charge in [-0.05, 0) is 31.0 Å². The molecule has 0 unspecified atom stereocenters. The van der Waals surface area contributed by atoms with Crippen LogP contribution in [-0.2, 0) is 16.6 Å². The van der Waals surface area contributed by atoms with Crippen molar-refractivity contribution < 1.29 is 9.47 Å². The first-order valence-corrected chi connectivity index (χ1v) is 7.68. The second-order valence-electron chi connectivity index (χ2n) is 6.12. The molecule has 1 aliphatic rings. The lowest BCUT2D eigenvalue weighted by Gasteiger charge is -2.15. The van der Waals surface area contributed by atoms with E-state index in [1.807, 2.05) is 0 Å². The number of hydrogen-bond donors (Lipinski definition) is 1. The fourth-order valence-corrected chi connectivity index (χ4v) is 2.46. The molecular weight excluding hydrogens is 250 g/mol. The van der Waals surface area contributed by atoms with Crippen molar-refractivity contribution in [3.8, 4) is 5.75 Å². The van der Waals surface area contributed by atoms with Crippen molar-refractivity contribution in [1.82, 2.24) is 5.32 Å². The summed E-state index contributed by atoms with van der Waals surface area (Å²) in [6, 6.07) is 6.53. The van der Waals surface area contributed by atoms with E-state index in [9.17, 15) is 0 Å². The Labute approximate surface area is 122 Å². The molecule has 2 rings (SSSR count). The zero-order chi connectivity index (χ0) is 14.4. The molecule has 3 nitrogen and oxygen atoms in total. The van der Waals surface area contributed by atoms with E-state index in [1.165, 1.54) is 17.5 Å². The molecule has 0 saturated carbocycles. The van der Waals surface area contributed by atoms with Crippen molar-refractivity contribution in [2.75, 3.05) is 32.9 Å². The standard InChI is InChI=1S/C17H27NO2/c1-4-8-18-9-11-19-10-7-14-5-6-16-15(12-14)17(2,3)13-20-16/h5-6,12,18H,4,7-11,13H2,1-3H3. The number of ether oxygens (including phenoxy) is 2. The minimum Gasteiger partial charge on any atom is -0.492 e. The Balaban J connectivity index is 1.75. The van der Waals surface area contributed by atoms with Crippen LogP contribution in [0, 0.1) is 0 Å². The summed E-state index contributed by atoms with van der Waals surface area (Å²) in [5.41, 5.74) is 2.81. The first kappa shape index (κ1) is 15.3. The van der Waals surface area contributed by atoms with E-state index in [0.29, 0.717) is 0 Å². The van der Waals surface area contributed by atoms with Crippen LogP contribution in [0.15, 0.2) is 18.2 Å². The zero-order valence-corrected chi connectivity index (χ0v) is 13.0. The lowest BCUT2D eigenvalue weighted by atomic mass is 9.86. The van der Waals surface area contributed by atoms with Crippen LogP contribution in [-0.4, -0.2) is 32.9 Å². The summed E-state index contributed by atoms with van der Waals surface area (Å²) in [6.45, 7) is 11.0. The average molecular weight is 277 g/mol. The molecule has 1 heterocycles. The largest absolute Gasteiger partial charge is 0.492 e. The van der Waals surface area contributed by atoms with Crippen LogP contribution in [0.2, 0.25) is 0 Å². The Morgan fingerprint density at radius 3 is 2.90 bits per heavy atom. The van der Waals surface area contributed by atoms with Crippen molar-refractivity contribution in [3.63, 3.8) is 0 Å². The lowest BCUT2D eigenvalue weighted by Crippen LogP contribution is -2.20. The van der Waals surface area contributed by atoms with E-state index in [2.05, 4.69) is 44.3 Å². The highest BCUT2D eigenvalue weighted by Crippen LogP contribution is 2.38. The smallest absolute Gasteiger partial charge is 0.123 e. The van der Waals surface area contributed by atoms with E-state index in [0.717, 1.165) is 45.1 Å². The third-order valence-electron chi connectivity index (χ3n) is 3.75. The zero-order valence-electron chi connectivity index (χ0n) is 13.0. The van der Waals surface area contributed by atoms with E-state index < -0.39 is 0 Å². The van der Waals surface area contributed by atoms with Crippen molar-refractivity contribution in [1.29, 1.82) is 0 Å². The summed E-state index contributed by atoms with van der Waals surface area (Å²) in [6.07, 6.45) is 2.14. The van der Waals surface area contributed by atoms with Gasteiger partial charge in [0.25, 0.3) is 0 Å². The molecule has 112 valence electrons. The summed E-state index contributed by atoms with van der Waals surface area (Å²) < 4.78 is 11.4. The normalized spacial score (nSPS) is 15.9. The molecule has 20 heavy (non-hydrogen) atoms. The maximum atomic E-state index is 5.71. The number of benzene rings is 1. The minimum absolute atomic E-state index is 0.135. The van der Waals surface area contributed by atoms with Gasteiger partial charge in [-0.3, -0.25) is 0 Å². The summed E-state index contributed by atoms with van der Waals surface area (Å²) in [5, 5.41) is 3.34. The van der Waals surface area contributed by atoms with Gasteiger partial charge in [0.15, 0.2) is 0 Å². The molecule has 1 N–H and O–H groups in total. The third kappa shape index (κ3) is 3.97. The summed E-state index contributed by atoms with van der Waals surface area (Å²) >= 11 is 0. The van der Waals surface area contributed by atoms with Gasteiger partial charge in [0, 0.05) is 17.5 Å². The van der Waals surface area contributed by atoms with Gasteiger partial charge in [0.05, 0.1) is 19.8 Å². The molecule has 0 fully saturated rings. The molecule has 0 atom stereocenters. The molecule has 0 aromatic heterocycles. The molecule has 0 aliphatic carbocycles. The molecular formula is C17H27NO2. The van der Waals surface area contributed by atoms with Gasteiger partial charge in [-0.25, -0.2) is 0 Å². The fraction of sp³-hybridized carbons (Fsp3) is 0.647. The van der Waals surface area contributed by atoms with E-state index in [-0.39, 0.29) is 5.41 Å². The SMILES string of the molecule is CCCNCCOCCc1ccc2c(c1)C(C)(C)CO2. The van der Waals surface area contributed by atoms with Gasteiger partial charge in [-0.2, -0.15) is 0 Å². The molecule has 0 bridgehead atoms. The Kier molecular flexibility index (Phi) is 5.44. The predicted octanol–water partition coefficient (Wildman–Crippen LogP) is 2.92. The maximum absolute atomic E-state index is 5.71. The number of hydrogen-bond acceptors (Lipinski definition) is 3. The Bertz CT molecular complexity index is 429. The molecule has 1 aromatic rings. The van der Waals surface area contributed by atoms with E-state index in [4.69, 9.17) is 9.47 Å². The van der Waals surface area contributed by atoms with Gasteiger partial charge >= 0.3 is 0 Å². The molecule has 0 radical (unpaired) electrons. The van der Waals surface area contributed by atoms with Gasteiger partial charge in [0.2, 0.25) is 0 Å². The predicted molar refractivity (Wildman–Crippen MR) is 82.6 cm³/mol. The number of nitrogens with one attached hydrogen (secondary N) is 1. The van der Waals surface area contributed by atoms with Crippen molar-refractivity contribution in [2.45, 2.75) is 39.0 Å². The number of rotatable bonds is 8. The second-order valence-corrected chi connectivity index (χ2v) is 6.12. The van der Waals surface area contributed by atoms with Gasteiger partial charge in [-0.15, -0.1) is 0 Å². The van der Waals surface area contributed by atoms with Crippen LogP contribution in [0.5, 0.6) is 5.75 Å². The van der Waals surface area contributed by atoms with Crippen LogP contribution in [0.25, 0.3) is 0 Å². The van der Waals surface area contributed by atoms with E-state index in [1.54, 1.807) is 0 Å².